The first-order valence-corrected chi connectivity index (χ1v) is 7.24. The first kappa shape index (κ1) is 16.1. The quantitative estimate of drug-likeness (QED) is 0.589. The van der Waals surface area contributed by atoms with Crippen LogP contribution in [0.1, 0.15) is 26.3 Å². The molecule has 2 aromatic carbocycles. The molecule has 1 aliphatic rings. The molecule has 124 valence electrons. The lowest BCUT2D eigenvalue weighted by molar-refractivity contribution is 0.0902. The van der Waals surface area contributed by atoms with Gasteiger partial charge in [-0.05, 0) is 30.3 Å². The Hall–Kier alpha value is -3.72. The van der Waals surface area contributed by atoms with Gasteiger partial charge < -0.3 is 20.3 Å². The van der Waals surface area contributed by atoms with Gasteiger partial charge in [-0.15, -0.1) is 6.42 Å². The van der Waals surface area contributed by atoms with Crippen LogP contribution in [0.5, 0.6) is 11.5 Å². The number of hydrogen-bond donors (Lipinski definition) is 3. The number of Topliss-reactive ketones (excluding diaryl/α,β-unsaturated/α-hetero) is 2. The van der Waals surface area contributed by atoms with E-state index in [1.54, 1.807) is 24.3 Å². The molecule has 0 atom stereocenters. The monoisotopic (exact) mass is 335 g/mol. The van der Waals surface area contributed by atoms with Crippen molar-refractivity contribution in [1.82, 2.24) is 0 Å². The summed E-state index contributed by atoms with van der Waals surface area (Å²) in [5.74, 6) is 0.0148. The van der Waals surface area contributed by atoms with Crippen molar-refractivity contribution in [1.29, 1.82) is 0 Å². The molecule has 3 rings (SSSR count). The minimum atomic E-state index is -0.707. The number of rotatable bonds is 3. The minimum absolute atomic E-state index is 0.143. The lowest BCUT2D eigenvalue weighted by atomic mass is 9.89. The SMILES string of the molecule is C#Cc1cccc(NC2=C(OC)C(=O)c3c(O)ccc(O)c3C2=O)c1. The van der Waals surface area contributed by atoms with Crippen molar-refractivity contribution in [2.45, 2.75) is 0 Å². The van der Waals surface area contributed by atoms with E-state index >= 15 is 0 Å². The van der Waals surface area contributed by atoms with Crippen LogP contribution in [0.3, 0.4) is 0 Å². The summed E-state index contributed by atoms with van der Waals surface area (Å²) < 4.78 is 5.08. The molecule has 0 saturated heterocycles. The van der Waals surface area contributed by atoms with E-state index in [0.717, 1.165) is 12.1 Å². The van der Waals surface area contributed by atoms with E-state index in [4.69, 9.17) is 11.2 Å². The molecule has 0 amide bonds. The van der Waals surface area contributed by atoms with Gasteiger partial charge in [-0.25, -0.2) is 0 Å². The molecule has 0 radical (unpaired) electrons. The van der Waals surface area contributed by atoms with Crippen molar-refractivity contribution in [2.75, 3.05) is 12.4 Å². The number of methoxy groups -OCH3 is 1. The van der Waals surface area contributed by atoms with Crippen LogP contribution in [0.2, 0.25) is 0 Å². The van der Waals surface area contributed by atoms with Crippen LogP contribution in [0.4, 0.5) is 5.69 Å². The Morgan fingerprint density at radius 2 is 1.68 bits per heavy atom. The number of hydrogen-bond acceptors (Lipinski definition) is 6. The lowest BCUT2D eigenvalue weighted by Gasteiger charge is -2.22. The van der Waals surface area contributed by atoms with Gasteiger partial charge in [0.1, 0.15) is 17.2 Å². The van der Waals surface area contributed by atoms with Gasteiger partial charge in [-0.3, -0.25) is 9.59 Å². The summed E-state index contributed by atoms with van der Waals surface area (Å²) in [7, 11) is 1.24. The molecular formula is C19H13NO5. The van der Waals surface area contributed by atoms with Gasteiger partial charge >= 0.3 is 0 Å². The third kappa shape index (κ3) is 2.58. The largest absolute Gasteiger partial charge is 0.507 e. The van der Waals surface area contributed by atoms with Crippen LogP contribution < -0.4 is 5.32 Å². The van der Waals surface area contributed by atoms with E-state index in [1.807, 2.05) is 0 Å². The number of fused-ring (bicyclic) bond motifs is 1. The number of benzene rings is 2. The zero-order valence-corrected chi connectivity index (χ0v) is 13.2. The minimum Gasteiger partial charge on any atom is -0.507 e. The number of ketones is 2. The Labute approximate surface area is 143 Å². The molecule has 0 unspecified atom stereocenters. The van der Waals surface area contributed by atoms with E-state index in [9.17, 15) is 19.8 Å². The highest BCUT2D eigenvalue weighted by Crippen LogP contribution is 2.37. The number of ether oxygens (including phenoxy) is 1. The molecule has 6 nitrogen and oxygen atoms in total. The number of nitrogens with one attached hydrogen (secondary N) is 1. The van der Waals surface area contributed by atoms with E-state index in [0.29, 0.717) is 11.3 Å². The summed E-state index contributed by atoms with van der Waals surface area (Å²) in [6.45, 7) is 0. The second-order valence-electron chi connectivity index (χ2n) is 5.27. The maximum atomic E-state index is 12.8. The Morgan fingerprint density at radius 1 is 1.04 bits per heavy atom. The van der Waals surface area contributed by atoms with Gasteiger partial charge in [-0.1, -0.05) is 12.0 Å². The maximum absolute atomic E-state index is 12.8. The molecule has 2 aromatic rings. The standard InChI is InChI=1S/C19H13NO5/c1-3-10-5-4-6-11(9-10)20-16-17(23)14-12(21)7-8-13(22)15(14)18(24)19(16)25-2/h1,4-9,20-22H,2H3. The zero-order valence-electron chi connectivity index (χ0n) is 13.2. The average molecular weight is 335 g/mol. The van der Waals surface area contributed by atoms with E-state index < -0.39 is 23.1 Å². The second kappa shape index (κ2) is 6.06. The molecule has 0 aliphatic heterocycles. The number of terminal acetylenes is 1. The molecular weight excluding hydrogens is 322 g/mol. The van der Waals surface area contributed by atoms with Gasteiger partial charge in [0, 0.05) is 11.3 Å². The van der Waals surface area contributed by atoms with E-state index in [2.05, 4.69) is 11.2 Å². The molecule has 3 N–H and O–H groups in total. The second-order valence-corrected chi connectivity index (χ2v) is 5.27. The molecule has 0 heterocycles. The fourth-order valence-corrected chi connectivity index (χ4v) is 2.63. The van der Waals surface area contributed by atoms with Crippen molar-refractivity contribution in [3.8, 4) is 23.8 Å². The van der Waals surface area contributed by atoms with Gasteiger partial charge in [0.05, 0.1) is 18.2 Å². The predicted octanol–water partition coefficient (Wildman–Crippen LogP) is 2.43. The first-order chi connectivity index (χ1) is 12.0. The van der Waals surface area contributed by atoms with Crippen molar-refractivity contribution >= 4 is 17.3 Å². The Balaban J connectivity index is 2.15. The summed E-state index contributed by atoms with van der Waals surface area (Å²) in [4.78, 5) is 25.4. The molecule has 25 heavy (non-hydrogen) atoms. The van der Waals surface area contributed by atoms with Gasteiger partial charge in [0.25, 0.3) is 0 Å². The molecule has 1 aliphatic carbocycles. The normalized spacial score (nSPS) is 13.3. The Morgan fingerprint density at radius 3 is 2.28 bits per heavy atom. The van der Waals surface area contributed by atoms with Gasteiger partial charge in [0.2, 0.25) is 11.6 Å². The highest BCUT2D eigenvalue weighted by atomic mass is 16.5. The predicted molar refractivity (Wildman–Crippen MR) is 90.5 cm³/mol. The number of carbonyl (C=O) groups is 2. The maximum Gasteiger partial charge on any atom is 0.234 e. The summed E-state index contributed by atoms with van der Waals surface area (Å²) in [6, 6.07) is 8.97. The van der Waals surface area contributed by atoms with Crippen molar-refractivity contribution in [3.05, 3.63) is 64.5 Å². The number of phenols is 2. The van der Waals surface area contributed by atoms with Gasteiger partial charge in [0.15, 0.2) is 5.76 Å². The number of allylic oxidation sites excluding steroid dienone is 2. The summed E-state index contributed by atoms with van der Waals surface area (Å²) in [5.41, 5.74) is 0.352. The number of carbonyl (C=O) groups excluding carboxylic acids is 2. The van der Waals surface area contributed by atoms with Crippen LogP contribution in [-0.2, 0) is 4.74 Å². The van der Waals surface area contributed by atoms with E-state index in [-0.39, 0.29) is 22.6 Å². The Kier molecular flexibility index (Phi) is 3.91. The van der Waals surface area contributed by atoms with Crippen LogP contribution in [0.25, 0.3) is 0 Å². The lowest BCUT2D eigenvalue weighted by Crippen LogP contribution is -2.27. The van der Waals surface area contributed by atoms with Crippen LogP contribution >= 0.6 is 0 Å². The van der Waals surface area contributed by atoms with Crippen molar-refractivity contribution in [2.24, 2.45) is 0 Å². The third-order valence-corrected chi connectivity index (χ3v) is 3.78. The molecule has 0 spiro atoms. The summed E-state index contributed by atoms with van der Waals surface area (Å²) in [5, 5.41) is 22.7. The molecule has 6 heteroatoms. The first-order valence-electron chi connectivity index (χ1n) is 7.24. The average Bonchev–Trinajstić information content (AvgIpc) is 2.61. The number of aromatic hydroxyl groups is 2. The highest BCUT2D eigenvalue weighted by Gasteiger charge is 2.37. The Bertz CT molecular complexity index is 982. The fourth-order valence-electron chi connectivity index (χ4n) is 2.63. The fraction of sp³-hybridized carbons (Fsp3) is 0.0526. The molecule has 0 fully saturated rings. The number of phenolic OH excluding ortho intramolecular Hbond substituents is 2. The zero-order chi connectivity index (χ0) is 18.1. The molecule has 0 aromatic heterocycles. The summed E-state index contributed by atoms with van der Waals surface area (Å²) >= 11 is 0. The van der Waals surface area contributed by atoms with Crippen LogP contribution in [-0.4, -0.2) is 28.9 Å². The van der Waals surface area contributed by atoms with Crippen LogP contribution in [0.15, 0.2) is 47.9 Å². The number of anilines is 1. The summed E-state index contributed by atoms with van der Waals surface area (Å²) in [6.07, 6.45) is 5.36. The molecule has 0 bridgehead atoms. The third-order valence-electron chi connectivity index (χ3n) is 3.78. The van der Waals surface area contributed by atoms with Crippen molar-refractivity contribution < 1.29 is 24.5 Å². The van der Waals surface area contributed by atoms with Gasteiger partial charge in [-0.2, -0.15) is 0 Å². The molecule has 0 saturated carbocycles. The highest BCUT2D eigenvalue weighted by molar-refractivity contribution is 6.28. The van der Waals surface area contributed by atoms with Crippen molar-refractivity contribution in [3.63, 3.8) is 0 Å². The van der Waals surface area contributed by atoms with Crippen LogP contribution in [0, 0.1) is 12.3 Å². The topological polar surface area (TPSA) is 95.9 Å². The van der Waals surface area contributed by atoms with E-state index in [1.165, 1.54) is 7.11 Å². The smallest absolute Gasteiger partial charge is 0.234 e.